The van der Waals surface area contributed by atoms with Gasteiger partial charge in [0.15, 0.2) is 0 Å². The van der Waals surface area contributed by atoms with Crippen LogP contribution >= 0.6 is 0 Å². The first-order chi connectivity index (χ1) is 9.67. The van der Waals surface area contributed by atoms with E-state index >= 15 is 0 Å². The van der Waals surface area contributed by atoms with Gasteiger partial charge in [0.25, 0.3) is 0 Å². The second kappa shape index (κ2) is 7.29. The molecule has 1 aromatic carbocycles. The van der Waals surface area contributed by atoms with Crippen LogP contribution in [0.15, 0.2) is 24.3 Å². The van der Waals surface area contributed by atoms with E-state index in [1.165, 1.54) is 19.3 Å². The van der Waals surface area contributed by atoms with Crippen LogP contribution in [-0.2, 0) is 9.53 Å². The quantitative estimate of drug-likeness (QED) is 0.812. The van der Waals surface area contributed by atoms with Crippen LogP contribution in [0.3, 0.4) is 0 Å². The maximum absolute atomic E-state index is 11.8. The third-order valence-electron chi connectivity index (χ3n) is 3.96. The first kappa shape index (κ1) is 14.9. The van der Waals surface area contributed by atoms with Crippen LogP contribution in [0.4, 0.5) is 11.4 Å². The number of carbonyl (C=O) groups is 1. The van der Waals surface area contributed by atoms with Crippen molar-refractivity contribution in [3.8, 4) is 0 Å². The predicted octanol–water partition coefficient (Wildman–Crippen LogP) is 3.19. The van der Waals surface area contributed by atoms with Gasteiger partial charge in [-0.25, -0.2) is 0 Å². The van der Waals surface area contributed by atoms with Gasteiger partial charge >= 0.3 is 0 Å². The van der Waals surface area contributed by atoms with E-state index < -0.39 is 0 Å². The van der Waals surface area contributed by atoms with E-state index in [1.807, 2.05) is 0 Å². The summed E-state index contributed by atoms with van der Waals surface area (Å²) in [4.78, 5) is 11.8. The summed E-state index contributed by atoms with van der Waals surface area (Å²) in [6.07, 6.45) is 6.12. The van der Waals surface area contributed by atoms with Crippen LogP contribution in [-0.4, -0.2) is 18.6 Å². The molecule has 2 atom stereocenters. The van der Waals surface area contributed by atoms with Crippen molar-refractivity contribution in [1.82, 2.24) is 0 Å². The van der Waals surface area contributed by atoms with Crippen molar-refractivity contribution in [3.63, 3.8) is 0 Å². The van der Waals surface area contributed by atoms with Crippen molar-refractivity contribution in [2.24, 2.45) is 5.92 Å². The molecule has 3 N–H and O–H groups in total. The number of rotatable bonds is 5. The van der Waals surface area contributed by atoms with Crippen LogP contribution in [0.25, 0.3) is 0 Å². The summed E-state index contributed by atoms with van der Waals surface area (Å²) in [7, 11) is 0. The summed E-state index contributed by atoms with van der Waals surface area (Å²) in [6.45, 7) is 2.35. The Morgan fingerprint density at radius 3 is 2.80 bits per heavy atom. The second-order valence-corrected chi connectivity index (χ2v) is 5.54. The molecule has 110 valence electrons. The maximum Gasteiger partial charge on any atom is 0.250 e. The molecule has 2 rings (SSSR count). The van der Waals surface area contributed by atoms with E-state index in [0.29, 0.717) is 5.69 Å². The fourth-order valence-electron chi connectivity index (χ4n) is 2.72. The normalized spacial score (nSPS) is 22.4. The van der Waals surface area contributed by atoms with Gasteiger partial charge < -0.3 is 15.8 Å². The summed E-state index contributed by atoms with van der Waals surface area (Å²) < 4.78 is 5.74. The number of ether oxygens (including phenoxy) is 1. The molecule has 1 amide bonds. The van der Waals surface area contributed by atoms with Gasteiger partial charge in [0.05, 0.1) is 6.10 Å². The topological polar surface area (TPSA) is 64.3 Å². The zero-order chi connectivity index (χ0) is 14.4. The third-order valence-corrected chi connectivity index (χ3v) is 3.96. The Morgan fingerprint density at radius 2 is 2.10 bits per heavy atom. The van der Waals surface area contributed by atoms with Crippen LogP contribution in [0, 0.1) is 5.92 Å². The fraction of sp³-hybridized carbons (Fsp3) is 0.562. The Morgan fingerprint density at radius 1 is 1.35 bits per heavy atom. The standard InChI is InChI=1S/C16H24N2O2/c1-2-12-4-3-5-15(10-12)20-11-16(19)18-14-8-6-13(17)7-9-14/h6-9,12,15H,2-5,10-11,17H2,1H3,(H,18,19). The van der Waals surface area contributed by atoms with Crippen molar-refractivity contribution in [2.75, 3.05) is 17.7 Å². The van der Waals surface area contributed by atoms with E-state index in [9.17, 15) is 4.79 Å². The molecular weight excluding hydrogens is 252 g/mol. The number of hydrogen-bond donors (Lipinski definition) is 2. The number of amides is 1. The van der Waals surface area contributed by atoms with Gasteiger partial charge in [-0.05, 0) is 43.0 Å². The molecule has 1 aromatic rings. The van der Waals surface area contributed by atoms with Crippen molar-refractivity contribution in [3.05, 3.63) is 24.3 Å². The zero-order valence-corrected chi connectivity index (χ0v) is 12.1. The first-order valence-corrected chi connectivity index (χ1v) is 7.44. The lowest BCUT2D eigenvalue weighted by Gasteiger charge is -2.28. The molecular formula is C16H24N2O2. The number of nitrogen functional groups attached to an aromatic ring is 1. The molecule has 0 radical (unpaired) electrons. The van der Waals surface area contributed by atoms with Gasteiger partial charge in [-0.2, -0.15) is 0 Å². The number of carbonyl (C=O) groups excluding carboxylic acids is 1. The molecule has 2 unspecified atom stereocenters. The molecule has 1 aliphatic rings. The summed E-state index contributed by atoms with van der Waals surface area (Å²) >= 11 is 0. The highest BCUT2D eigenvalue weighted by atomic mass is 16.5. The first-order valence-electron chi connectivity index (χ1n) is 7.44. The Hall–Kier alpha value is -1.55. The average Bonchev–Trinajstić information content (AvgIpc) is 2.48. The molecule has 4 nitrogen and oxygen atoms in total. The molecule has 0 spiro atoms. The van der Waals surface area contributed by atoms with Crippen molar-refractivity contribution < 1.29 is 9.53 Å². The van der Waals surface area contributed by atoms with Gasteiger partial charge in [0.2, 0.25) is 5.91 Å². The van der Waals surface area contributed by atoms with Gasteiger partial charge in [-0.15, -0.1) is 0 Å². The van der Waals surface area contributed by atoms with Crippen LogP contribution in [0.1, 0.15) is 39.0 Å². The smallest absolute Gasteiger partial charge is 0.250 e. The van der Waals surface area contributed by atoms with Gasteiger partial charge in [0, 0.05) is 11.4 Å². The number of benzene rings is 1. The van der Waals surface area contributed by atoms with Crippen molar-refractivity contribution >= 4 is 17.3 Å². The average molecular weight is 276 g/mol. The number of nitrogens with two attached hydrogens (primary N) is 1. The lowest BCUT2D eigenvalue weighted by atomic mass is 9.85. The minimum Gasteiger partial charge on any atom is -0.399 e. The molecule has 1 fully saturated rings. The Balaban J connectivity index is 1.73. The van der Waals surface area contributed by atoms with E-state index in [4.69, 9.17) is 10.5 Å². The molecule has 1 aliphatic carbocycles. The fourth-order valence-corrected chi connectivity index (χ4v) is 2.72. The van der Waals surface area contributed by atoms with Crippen molar-refractivity contribution in [1.29, 1.82) is 0 Å². The predicted molar refractivity (Wildman–Crippen MR) is 81.5 cm³/mol. The highest BCUT2D eigenvalue weighted by Crippen LogP contribution is 2.28. The highest BCUT2D eigenvalue weighted by Gasteiger charge is 2.21. The van der Waals surface area contributed by atoms with E-state index in [1.54, 1.807) is 24.3 Å². The van der Waals surface area contributed by atoms with Crippen LogP contribution < -0.4 is 11.1 Å². The second-order valence-electron chi connectivity index (χ2n) is 5.54. The van der Waals surface area contributed by atoms with Gasteiger partial charge in [-0.1, -0.05) is 26.2 Å². The minimum absolute atomic E-state index is 0.103. The van der Waals surface area contributed by atoms with E-state index in [-0.39, 0.29) is 18.6 Å². The highest BCUT2D eigenvalue weighted by molar-refractivity contribution is 5.91. The minimum atomic E-state index is -0.103. The Labute approximate surface area is 120 Å². The summed E-state index contributed by atoms with van der Waals surface area (Å²) in [5.41, 5.74) is 7.04. The Kier molecular flexibility index (Phi) is 5.41. The van der Waals surface area contributed by atoms with Crippen molar-refractivity contribution in [2.45, 2.75) is 45.1 Å². The van der Waals surface area contributed by atoms with Crippen LogP contribution in [0.5, 0.6) is 0 Å². The lowest BCUT2D eigenvalue weighted by Crippen LogP contribution is -2.27. The monoisotopic (exact) mass is 276 g/mol. The third kappa shape index (κ3) is 4.53. The zero-order valence-electron chi connectivity index (χ0n) is 12.1. The summed E-state index contributed by atoms with van der Waals surface area (Å²) in [6, 6.07) is 7.12. The number of hydrogen-bond acceptors (Lipinski definition) is 3. The lowest BCUT2D eigenvalue weighted by molar-refractivity contribution is -0.123. The molecule has 4 heteroatoms. The Bertz CT molecular complexity index is 431. The molecule has 1 saturated carbocycles. The van der Waals surface area contributed by atoms with E-state index in [0.717, 1.165) is 24.4 Å². The molecule has 20 heavy (non-hydrogen) atoms. The van der Waals surface area contributed by atoms with Gasteiger partial charge in [0.1, 0.15) is 6.61 Å². The molecule has 0 bridgehead atoms. The largest absolute Gasteiger partial charge is 0.399 e. The molecule has 0 saturated heterocycles. The molecule has 0 heterocycles. The number of nitrogens with one attached hydrogen (secondary N) is 1. The summed E-state index contributed by atoms with van der Waals surface area (Å²) in [5, 5.41) is 2.81. The molecule has 0 aliphatic heterocycles. The van der Waals surface area contributed by atoms with Gasteiger partial charge in [-0.3, -0.25) is 4.79 Å². The van der Waals surface area contributed by atoms with E-state index in [2.05, 4.69) is 12.2 Å². The SMILES string of the molecule is CCC1CCCC(OCC(=O)Nc2ccc(N)cc2)C1. The maximum atomic E-state index is 11.8. The molecule has 0 aromatic heterocycles. The summed E-state index contributed by atoms with van der Waals surface area (Å²) in [5.74, 6) is 0.655. The number of anilines is 2. The van der Waals surface area contributed by atoms with Crippen LogP contribution in [0.2, 0.25) is 0 Å².